The van der Waals surface area contributed by atoms with Gasteiger partial charge in [-0.2, -0.15) is 9.97 Å². The first-order valence-corrected chi connectivity index (χ1v) is 20.8. The Labute approximate surface area is 357 Å². The largest absolute Gasteiger partial charge is 0.309 e. The first-order chi connectivity index (χ1) is 30.7. The Morgan fingerprint density at radius 3 is 1.39 bits per heavy atom. The summed E-state index contributed by atoms with van der Waals surface area (Å²) in [5, 5.41) is 4.58. The summed E-state index contributed by atoms with van der Waals surface area (Å²) < 4.78 is 4.60. The SMILES string of the molecule is c1ccc(-c2cc(-c3ccc(-c4nc(-c5ccccc5)nc(-n5c6ccccc6c6ccc7c(c8ccccc8n7-c7ccccc7)c65)n4)cc3)cc(-c3ccccc3)n2)cc1. The molecule has 0 saturated carbocycles. The quantitative estimate of drug-likeness (QED) is 0.161. The van der Waals surface area contributed by atoms with Crippen LogP contribution in [0.25, 0.3) is 112 Å². The summed E-state index contributed by atoms with van der Waals surface area (Å²) in [7, 11) is 0. The third kappa shape index (κ3) is 5.96. The third-order valence-electron chi connectivity index (χ3n) is 11.8. The van der Waals surface area contributed by atoms with Crippen molar-refractivity contribution in [2.24, 2.45) is 0 Å². The molecule has 0 amide bonds. The number of aromatic nitrogens is 6. The molecule has 12 rings (SSSR count). The number of hydrogen-bond donors (Lipinski definition) is 0. The van der Waals surface area contributed by atoms with E-state index >= 15 is 0 Å². The molecule has 0 N–H and O–H groups in total. The van der Waals surface area contributed by atoms with Crippen molar-refractivity contribution < 1.29 is 0 Å². The summed E-state index contributed by atoms with van der Waals surface area (Å²) in [4.78, 5) is 20.9. The molecule has 4 heterocycles. The second-order valence-electron chi connectivity index (χ2n) is 15.5. The van der Waals surface area contributed by atoms with Gasteiger partial charge in [0.2, 0.25) is 5.95 Å². The van der Waals surface area contributed by atoms with Gasteiger partial charge in [0.25, 0.3) is 0 Å². The van der Waals surface area contributed by atoms with Gasteiger partial charge < -0.3 is 4.57 Å². The van der Waals surface area contributed by atoms with E-state index in [9.17, 15) is 0 Å². The summed E-state index contributed by atoms with van der Waals surface area (Å²) in [5.41, 5.74) is 13.4. The highest BCUT2D eigenvalue weighted by atomic mass is 15.2. The van der Waals surface area contributed by atoms with E-state index in [1.807, 2.05) is 30.3 Å². The summed E-state index contributed by atoms with van der Waals surface area (Å²) in [5.74, 6) is 1.76. The second-order valence-corrected chi connectivity index (χ2v) is 15.5. The highest BCUT2D eigenvalue weighted by Crippen LogP contribution is 2.42. The topological polar surface area (TPSA) is 61.4 Å². The second kappa shape index (κ2) is 14.7. The number of fused-ring (bicyclic) bond motifs is 7. The highest BCUT2D eigenvalue weighted by molar-refractivity contribution is 6.26. The first kappa shape index (κ1) is 35.5. The maximum absolute atomic E-state index is 5.36. The van der Waals surface area contributed by atoms with E-state index in [4.69, 9.17) is 19.9 Å². The van der Waals surface area contributed by atoms with Gasteiger partial charge in [-0.3, -0.25) is 4.57 Å². The molecule has 6 heteroatoms. The van der Waals surface area contributed by atoms with Crippen LogP contribution in [0.4, 0.5) is 0 Å². The Hall–Kier alpha value is -8.48. The lowest BCUT2D eigenvalue weighted by atomic mass is 9.99. The van der Waals surface area contributed by atoms with Crippen LogP contribution in [0.1, 0.15) is 0 Å². The van der Waals surface area contributed by atoms with Crippen molar-refractivity contribution >= 4 is 43.6 Å². The molecule has 0 bridgehead atoms. The van der Waals surface area contributed by atoms with Crippen LogP contribution in [-0.4, -0.2) is 29.1 Å². The number of para-hydroxylation sites is 3. The summed E-state index contributed by atoms with van der Waals surface area (Å²) in [6.45, 7) is 0. The number of rotatable bonds is 7. The fraction of sp³-hybridized carbons (Fsp3) is 0. The Morgan fingerprint density at radius 2 is 0.774 bits per heavy atom. The predicted octanol–water partition coefficient (Wildman–Crippen LogP) is 13.8. The lowest BCUT2D eigenvalue weighted by Crippen LogP contribution is -2.06. The normalized spacial score (nSPS) is 11.5. The average Bonchev–Trinajstić information content (AvgIpc) is 3.88. The van der Waals surface area contributed by atoms with Crippen molar-refractivity contribution in [3.8, 4) is 68.1 Å². The van der Waals surface area contributed by atoms with Gasteiger partial charge in [-0.15, -0.1) is 0 Å². The summed E-state index contributed by atoms with van der Waals surface area (Å²) in [6, 6.07) is 76.1. The van der Waals surface area contributed by atoms with E-state index in [1.165, 1.54) is 0 Å². The van der Waals surface area contributed by atoms with E-state index in [1.54, 1.807) is 0 Å². The van der Waals surface area contributed by atoms with Crippen molar-refractivity contribution in [3.63, 3.8) is 0 Å². The Balaban J connectivity index is 1.07. The van der Waals surface area contributed by atoms with Crippen LogP contribution in [0.2, 0.25) is 0 Å². The van der Waals surface area contributed by atoms with Gasteiger partial charge in [-0.25, -0.2) is 9.97 Å². The molecule has 0 radical (unpaired) electrons. The Morgan fingerprint density at radius 1 is 0.290 bits per heavy atom. The first-order valence-electron chi connectivity index (χ1n) is 20.8. The minimum Gasteiger partial charge on any atom is -0.309 e. The molecule has 290 valence electrons. The summed E-state index contributed by atoms with van der Waals surface area (Å²) in [6.07, 6.45) is 0. The van der Waals surface area contributed by atoms with Gasteiger partial charge in [0.15, 0.2) is 11.6 Å². The van der Waals surface area contributed by atoms with Crippen molar-refractivity contribution in [2.75, 3.05) is 0 Å². The van der Waals surface area contributed by atoms with Crippen LogP contribution in [0, 0.1) is 0 Å². The van der Waals surface area contributed by atoms with Gasteiger partial charge in [0, 0.05) is 49.5 Å². The molecule has 0 spiro atoms. The number of pyridine rings is 1. The third-order valence-corrected chi connectivity index (χ3v) is 11.8. The number of benzene rings is 8. The molecule has 0 unspecified atom stereocenters. The zero-order valence-electron chi connectivity index (χ0n) is 33.5. The zero-order chi connectivity index (χ0) is 41.0. The fourth-order valence-corrected chi connectivity index (χ4v) is 8.90. The molecule has 12 aromatic rings. The fourth-order valence-electron chi connectivity index (χ4n) is 8.90. The standard InChI is InChI=1S/C56H36N6/c1-5-17-38(18-6-1)47-35-42(36-48(57-47)39-19-7-2-8-20-39)37-29-31-41(32-30-37)55-58-54(40-21-9-3-10-22-40)59-56(60-55)62-49-27-15-13-25-44(49)45-33-34-51-52(53(45)62)46-26-14-16-28-50(46)61(51)43-23-11-4-12-24-43/h1-36H. The van der Waals surface area contributed by atoms with Gasteiger partial charge in [-0.1, -0.05) is 176 Å². The van der Waals surface area contributed by atoms with Crippen molar-refractivity contribution in [1.82, 2.24) is 29.1 Å². The molecule has 0 atom stereocenters. The van der Waals surface area contributed by atoms with Crippen LogP contribution < -0.4 is 0 Å². The van der Waals surface area contributed by atoms with Crippen LogP contribution in [0.3, 0.4) is 0 Å². The maximum atomic E-state index is 5.36. The van der Waals surface area contributed by atoms with Crippen LogP contribution >= 0.6 is 0 Å². The van der Waals surface area contributed by atoms with E-state index in [2.05, 4.69) is 197 Å². The lowest BCUT2D eigenvalue weighted by Gasteiger charge is -2.13. The molecule has 0 fully saturated rings. The van der Waals surface area contributed by atoms with E-state index in [-0.39, 0.29) is 0 Å². The zero-order valence-corrected chi connectivity index (χ0v) is 33.5. The number of hydrogen-bond acceptors (Lipinski definition) is 4. The smallest absolute Gasteiger partial charge is 0.238 e. The molecular formula is C56H36N6. The highest BCUT2D eigenvalue weighted by Gasteiger charge is 2.23. The molecule has 8 aromatic carbocycles. The van der Waals surface area contributed by atoms with Crippen molar-refractivity contribution in [2.45, 2.75) is 0 Å². The summed E-state index contributed by atoms with van der Waals surface area (Å²) >= 11 is 0. The molecule has 62 heavy (non-hydrogen) atoms. The van der Waals surface area contributed by atoms with E-state index in [0.29, 0.717) is 17.6 Å². The van der Waals surface area contributed by atoms with E-state index in [0.717, 1.165) is 94.1 Å². The number of nitrogens with zero attached hydrogens (tertiary/aromatic N) is 6. The molecule has 0 aliphatic heterocycles. The van der Waals surface area contributed by atoms with Crippen LogP contribution in [0.15, 0.2) is 218 Å². The van der Waals surface area contributed by atoms with Gasteiger partial charge >= 0.3 is 0 Å². The maximum Gasteiger partial charge on any atom is 0.238 e. The van der Waals surface area contributed by atoms with Gasteiger partial charge in [-0.05, 0) is 53.6 Å². The minimum atomic E-state index is 0.558. The van der Waals surface area contributed by atoms with Gasteiger partial charge in [0.05, 0.1) is 33.5 Å². The average molecular weight is 793 g/mol. The molecule has 4 aromatic heterocycles. The van der Waals surface area contributed by atoms with Crippen molar-refractivity contribution in [3.05, 3.63) is 218 Å². The predicted molar refractivity (Wildman–Crippen MR) is 253 cm³/mol. The molecular weight excluding hydrogens is 757 g/mol. The lowest BCUT2D eigenvalue weighted by molar-refractivity contribution is 0.955. The van der Waals surface area contributed by atoms with Crippen LogP contribution in [-0.2, 0) is 0 Å². The molecule has 6 nitrogen and oxygen atoms in total. The Kier molecular flexibility index (Phi) is 8.38. The van der Waals surface area contributed by atoms with Gasteiger partial charge in [0.1, 0.15) is 0 Å². The molecule has 0 saturated heterocycles. The monoisotopic (exact) mass is 792 g/mol. The van der Waals surface area contributed by atoms with Crippen molar-refractivity contribution in [1.29, 1.82) is 0 Å². The molecule has 0 aliphatic rings. The molecule has 0 aliphatic carbocycles. The minimum absolute atomic E-state index is 0.558. The van der Waals surface area contributed by atoms with E-state index < -0.39 is 0 Å². The Bertz CT molecular complexity index is 3540. The van der Waals surface area contributed by atoms with Crippen LogP contribution in [0.5, 0.6) is 0 Å².